The Hall–Kier alpha value is -3.32. The second kappa shape index (κ2) is 8.90. The lowest BCUT2D eigenvalue weighted by molar-refractivity contribution is 0.0359. The van der Waals surface area contributed by atoms with Crippen molar-refractivity contribution in [1.82, 2.24) is 4.98 Å². The first-order chi connectivity index (χ1) is 16.0. The summed E-state index contributed by atoms with van der Waals surface area (Å²) in [4.78, 5) is 31.2. The average Bonchev–Trinajstić information content (AvgIpc) is 3.56. The van der Waals surface area contributed by atoms with Gasteiger partial charge in [0.2, 0.25) is 0 Å². The fourth-order valence-corrected chi connectivity index (χ4v) is 4.74. The van der Waals surface area contributed by atoms with Gasteiger partial charge in [0.1, 0.15) is 5.82 Å². The Bertz CT molecular complexity index is 1170. The van der Waals surface area contributed by atoms with Crippen molar-refractivity contribution < 1.29 is 13.9 Å². The summed E-state index contributed by atoms with van der Waals surface area (Å²) < 4.78 is 19.4. The summed E-state index contributed by atoms with van der Waals surface area (Å²) in [5.74, 6) is -0.553. The number of ketones is 1. The van der Waals surface area contributed by atoms with Crippen LogP contribution in [0.1, 0.15) is 53.1 Å². The summed E-state index contributed by atoms with van der Waals surface area (Å²) in [6.45, 7) is 3.99. The predicted octanol–water partition coefficient (Wildman–Crippen LogP) is 4.59. The molecule has 7 heteroatoms. The second-order valence-corrected chi connectivity index (χ2v) is 8.82. The Balaban J connectivity index is 1.36. The maximum absolute atomic E-state index is 13.7. The zero-order valence-corrected chi connectivity index (χ0v) is 18.6. The number of aromatic nitrogens is 1. The van der Waals surface area contributed by atoms with Gasteiger partial charge in [0.25, 0.3) is 0 Å². The van der Waals surface area contributed by atoms with Gasteiger partial charge in [-0.3, -0.25) is 24.8 Å². The topological polar surface area (TPSA) is 76.3 Å². The van der Waals surface area contributed by atoms with Gasteiger partial charge in [-0.2, -0.15) is 0 Å². The minimum atomic E-state index is -0.370. The smallest absolute Gasteiger partial charge is 0.169 e. The number of carbonyl (C=O) groups excluding carboxylic acids is 1. The average molecular weight is 445 g/mol. The summed E-state index contributed by atoms with van der Waals surface area (Å²) in [6.07, 6.45) is 8.96. The summed E-state index contributed by atoms with van der Waals surface area (Å²) in [6, 6.07) is 8.80. The van der Waals surface area contributed by atoms with E-state index in [9.17, 15) is 9.18 Å². The SMILES string of the molecule is Cc1ccc(C2N=CC=N2)c(C(=O)C2C[C@@H](C)O[C@H]2CC2C=C(c3ccc(F)cn3)C=N2)c1. The van der Waals surface area contributed by atoms with Crippen LogP contribution in [0.25, 0.3) is 5.57 Å². The van der Waals surface area contributed by atoms with Crippen molar-refractivity contribution in [3.63, 3.8) is 0 Å². The van der Waals surface area contributed by atoms with Crippen molar-refractivity contribution >= 4 is 30.0 Å². The number of ether oxygens (including phenoxy) is 1. The van der Waals surface area contributed by atoms with Gasteiger partial charge in [-0.05, 0) is 44.5 Å². The van der Waals surface area contributed by atoms with Gasteiger partial charge < -0.3 is 4.74 Å². The van der Waals surface area contributed by atoms with Crippen LogP contribution in [0.2, 0.25) is 0 Å². The van der Waals surface area contributed by atoms with E-state index in [1.54, 1.807) is 24.7 Å². The molecule has 0 spiro atoms. The number of Topliss-reactive ketones (excluding diaryl/α,β-unsaturated/α-hetero) is 1. The number of aliphatic imine (C=N–C) groups is 3. The lowest BCUT2D eigenvalue weighted by Crippen LogP contribution is -2.28. The van der Waals surface area contributed by atoms with E-state index in [4.69, 9.17) is 4.74 Å². The lowest BCUT2D eigenvalue weighted by atomic mass is 9.85. The van der Waals surface area contributed by atoms with Crippen LogP contribution >= 0.6 is 0 Å². The number of aryl methyl sites for hydroxylation is 1. The first kappa shape index (κ1) is 21.5. The van der Waals surface area contributed by atoms with E-state index in [2.05, 4.69) is 20.0 Å². The molecule has 1 aromatic heterocycles. The van der Waals surface area contributed by atoms with E-state index in [-0.39, 0.29) is 41.9 Å². The number of hydrogen-bond donors (Lipinski definition) is 0. The Labute approximate surface area is 192 Å². The highest BCUT2D eigenvalue weighted by atomic mass is 19.1. The van der Waals surface area contributed by atoms with E-state index >= 15 is 0 Å². The molecule has 1 aromatic carbocycles. The lowest BCUT2D eigenvalue weighted by Gasteiger charge is -2.21. The molecule has 0 aliphatic carbocycles. The molecule has 0 saturated carbocycles. The van der Waals surface area contributed by atoms with Gasteiger partial charge in [-0.1, -0.05) is 17.7 Å². The highest BCUT2D eigenvalue weighted by molar-refractivity contribution is 6.17. The quantitative estimate of drug-likeness (QED) is 0.612. The molecule has 0 radical (unpaired) electrons. The van der Waals surface area contributed by atoms with E-state index in [0.29, 0.717) is 24.1 Å². The molecule has 33 heavy (non-hydrogen) atoms. The zero-order valence-electron chi connectivity index (χ0n) is 18.6. The fourth-order valence-electron chi connectivity index (χ4n) is 4.74. The molecule has 168 valence electrons. The van der Waals surface area contributed by atoms with Crippen molar-refractivity contribution in [3.8, 4) is 0 Å². The molecule has 1 saturated heterocycles. The third-order valence-electron chi connectivity index (χ3n) is 6.33. The first-order valence-corrected chi connectivity index (χ1v) is 11.2. The van der Waals surface area contributed by atoms with Gasteiger partial charge >= 0.3 is 0 Å². The maximum Gasteiger partial charge on any atom is 0.169 e. The number of benzene rings is 1. The molecule has 4 heterocycles. The molecule has 1 fully saturated rings. The molecule has 2 aromatic rings. The number of rotatable bonds is 6. The number of allylic oxidation sites excluding steroid dienone is 1. The van der Waals surface area contributed by atoms with Crippen LogP contribution in [-0.4, -0.2) is 47.7 Å². The fraction of sp³-hybridized carbons (Fsp3) is 0.346. The Morgan fingerprint density at radius 2 is 1.97 bits per heavy atom. The molecule has 4 atom stereocenters. The highest BCUT2D eigenvalue weighted by Gasteiger charge is 2.40. The molecular formula is C26H25FN4O2. The van der Waals surface area contributed by atoms with Crippen LogP contribution < -0.4 is 0 Å². The van der Waals surface area contributed by atoms with E-state index < -0.39 is 0 Å². The number of carbonyl (C=O) groups is 1. The molecule has 3 aliphatic heterocycles. The summed E-state index contributed by atoms with van der Waals surface area (Å²) in [5, 5.41) is 0. The molecular weight excluding hydrogens is 419 g/mol. The third kappa shape index (κ3) is 4.46. The van der Waals surface area contributed by atoms with Gasteiger partial charge in [0.05, 0.1) is 36.1 Å². The van der Waals surface area contributed by atoms with E-state index in [1.165, 1.54) is 12.3 Å². The monoisotopic (exact) mass is 444 g/mol. The predicted molar refractivity (Wildman–Crippen MR) is 127 cm³/mol. The first-order valence-electron chi connectivity index (χ1n) is 11.2. The normalized spacial score (nSPS) is 26.3. The molecule has 0 N–H and O–H groups in total. The third-order valence-corrected chi connectivity index (χ3v) is 6.33. The van der Waals surface area contributed by atoms with Crippen LogP contribution in [0, 0.1) is 18.7 Å². The zero-order chi connectivity index (χ0) is 22.9. The van der Waals surface area contributed by atoms with Crippen molar-refractivity contribution in [2.75, 3.05) is 0 Å². The van der Waals surface area contributed by atoms with Crippen molar-refractivity contribution in [3.05, 3.63) is 70.8 Å². The van der Waals surface area contributed by atoms with Crippen molar-refractivity contribution in [1.29, 1.82) is 0 Å². The summed E-state index contributed by atoms with van der Waals surface area (Å²) in [7, 11) is 0. The molecule has 2 unspecified atom stereocenters. The van der Waals surface area contributed by atoms with Crippen LogP contribution in [0.15, 0.2) is 57.6 Å². The van der Waals surface area contributed by atoms with Crippen LogP contribution in [0.3, 0.4) is 0 Å². The molecule has 5 rings (SSSR count). The summed E-state index contributed by atoms with van der Waals surface area (Å²) >= 11 is 0. The molecule has 3 aliphatic rings. The van der Waals surface area contributed by atoms with Gasteiger partial charge in [0.15, 0.2) is 11.9 Å². The molecule has 0 amide bonds. The molecule has 0 bridgehead atoms. The van der Waals surface area contributed by atoms with Crippen LogP contribution in [-0.2, 0) is 4.74 Å². The number of pyridine rings is 1. The number of halogens is 1. The van der Waals surface area contributed by atoms with Crippen LogP contribution in [0.5, 0.6) is 0 Å². The highest BCUT2D eigenvalue weighted by Crippen LogP contribution is 2.36. The van der Waals surface area contributed by atoms with Crippen molar-refractivity contribution in [2.24, 2.45) is 20.9 Å². The van der Waals surface area contributed by atoms with Crippen molar-refractivity contribution in [2.45, 2.75) is 51.1 Å². The number of nitrogens with zero attached hydrogens (tertiary/aromatic N) is 4. The van der Waals surface area contributed by atoms with Gasteiger partial charge in [-0.25, -0.2) is 4.39 Å². The van der Waals surface area contributed by atoms with E-state index in [1.807, 2.05) is 38.1 Å². The van der Waals surface area contributed by atoms with Gasteiger partial charge in [-0.15, -0.1) is 0 Å². The standard InChI is InChI=1S/C26H25FN4O2/c1-15-3-5-20(26-28-7-8-29-26)21(9-15)25(32)22-10-16(2)33-24(22)12-19-11-17(13-30-19)23-6-4-18(27)14-31-23/h3-9,11,13-14,16,19,22,24,26H,10,12H2,1-2H3/t16-,19?,22?,24+/m1/s1. The minimum Gasteiger partial charge on any atom is -0.374 e. The largest absolute Gasteiger partial charge is 0.374 e. The second-order valence-electron chi connectivity index (χ2n) is 8.82. The van der Waals surface area contributed by atoms with Crippen LogP contribution in [0.4, 0.5) is 4.39 Å². The number of hydrogen-bond acceptors (Lipinski definition) is 6. The summed E-state index contributed by atoms with van der Waals surface area (Å²) in [5.41, 5.74) is 4.06. The Kier molecular flexibility index (Phi) is 5.81. The minimum absolute atomic E-state index is 0.00710. The Morgan fingerprint density at radius 1 is 1.15 bits per heavy atom. The maximum atomic E-state index is 13.7. The van der Waals surface area contributed by atoms with Gasteiger partial charge in [0, 0.05) is 41.8 Å². The molecule has 6 nitrogen and oxygen atoms in total. The van der Waals surface area contributed by atoms with E-state index in [0.717, 1.165) is 16.7 Å². The Morgan fingerprint density at radius 3 is 2.73 bits per heavy atom.